The van der Waals surface area contributed by atoms with Gasteiger partial charge in [-0.05, 0) is 6.92 Å². The van der Waals surface area contributed by atoms with Gasteiger partial charge in [0.25, 0.3) is 0 Å². The Kier molecular flexibility index (Phi) is 11.3. The molecule has 0 spiro atoms. The SMILES string of the molecule is CC1O[C@@H](O[C@H]2C(O)[C@H](O)C(CO)O[C@H]2O)[C@@H](O)C(O[C@@H]2OC(CO)[C@@H](O)C(O)[C@@H]2O)[C@H]1O[C@H]1C[C@@H](O)[C@H](CO)O1. The van der Waals surface area contributed by atoms with E-state index in [0.29, 0.717) is 0 Å². The monoisotopic (exact) mass is 604 g/mol. The summed E-state index contributed by atoms with van der Waals surface area (Å²) in [7, 11) is 0. The van der Waals surface area contributed by atoms with E-state index < -0.39 is 130 Å². The Labute approximate surface area is 233 Å². The summed E-state index contributed by atoms with van der Waals surface area (Å²) in [6.07, 6.45) is -27.3. The van der Waals surface area contributed by atoms with Crippen molar-refractivity contribution in [3.63, 3.8) is 0 Å². The van der Waals surface area contributed by atoms with Gasteiger partial charge in [-0.25, -0.2) is 0 Å². The minimum atomic E-state index is -1.86. The number of aliphatic hydroxyl groups excluding tert-OH is 11. The second kappa shape index (κ2) is 13.9. The van der Waals surface area contributed by atoms with Crippen LogP contribution in [0.4, 0.5) is 0 Å². The van der Waals surface area contributed by atoms with Gasteiger partial charge in [0, 0.05) is 6.42 Å². The van der Waals surface area contributed by atoms with E-state index >= 15 is 0 Å². The van der Waals surface area contributed by atoms with Crippen LogP contribution >= 0.6 is 0 Å². The maximum Gasteiger partial charge on any atom is 0.187 e. The van der Waals surface area contributed by atoms with Crippen LogP contribution in [0.15, 0.2) is 0 Å². The molecule has 0 amide bonds. The van der Waals surface area contributed by atoms with Crippen LogP contribution < -0.4 is 0 Å². The first kappa shape index (κ1) is 33.2. The van der Waals surface area contributed by atoms with Gasteiger partial charge in [-0.3, -0.25) is 0 Å². The maximum atomic E-state index is 11.3. The molecular weight excluding hydrogens is 564 g/mol. The standard InChI is InChI=1S/C23H40O18/c1-6-18(39-11-2-7(27)8(3-24)36-11)19(40-22-16(32)14(30)12(28)10(5-26)38-22)17(33)23(35-6)41-20-15(31)13(29)9(4-25)37-21(20)34/h6-34H,2-5H2,1H3/t6?,7-,8+,9?,10?,11+,12-,13-,14?,15?,16+,17+,18+,19?,20+,21-,22+,23+/m1/s1. The molecule has 4 fully saturated rings. The van der Waals surface area contributed by atoms with Gasteiger partial charge in [-0.15, -0.1) is 0 Å². The van der Waals surface area contributed by atoms with Gasteiger partial charge in [0.15, 0.2) is 25.2 Å². The van der Waals surface area contributed by atoms with E-state index in [4.69, 9.17) is 33.2 Å². The molecule has 4 aliphatic heterocycles. The fraction of sp³-hybridized carbons (Fsp3) is 1.00. The predicted octanol–water partition coefficient (Wildman–Crippen LogP) is -7.05. The van der Waals surface area contributed by atoms with Crippen molar-refractivity contribution in [2.24, 2.45) is 0 Å². The van der Waals surface area contributed by atoms with Gasteiger partial charge in [0.05, 0.1) is 32.0 Å². The summed E-state index contributed by atoms with van der Waals surface area (Å²) in [5.74, 6) is 0. The lowest BCUT2D eigenvalue weighted by molar-refractivity contribution is -0.388. The summed E-state index contributed by atoms with van der Waals surface area (Å²) in [6.45, 7) is -0.511. The summed E-state index contributed by atoms with van der Waals surface area (Å²) >= 11 is 0. The predicted molar refractivity (Wildman–Crippen MR) is 125 cm³/mol. The molecule has 6 unspecified atom stereocenters. The minimum Gasteiger partial charge on any atom is -0.394 e. The molecule has 0 aromatic rings. The molecule has 4 aliphatic rings. The van der Waals surface area contributed by atoms with Crippen LogP contribution in [0.25, 0.3) is 0 Å². The van der Waals surface area contributed by atoms with Crippen molar-refractivity contribution in [3.8, 4) is 0 Å². The third-order valence-corrected chi connectivity index (χ3v) is 7.70. The van der Waals surface area contributed by atoms with Crippen molar-refractivity contribution in [2.75, 3.05) is 19.8 Å². The first-order valence-corrected chi connectivity index (χ1v) is 13.3. The smallest absolute Gasteiger partial charge is 0.187 e. The van der Waals surface area contributed by atoms with Gasteiger partial charge in [-0.2, -0.15) is 0 Å². The lowest BCUT2D eigenvalue weighted by Gasteiger charge is -2.48. The highest BCUT2D eigenvalue weighted by Gasteiger charge is 2.54. The van der Waals surface area contributed by atoms with E-state index in [0.717, 1.165) is 0 Å². The van der Waals surface area contributed by atoms with E-state index in [1.807, 2.05) is 0 Å². The van der Waals surface area contributed by atoms with Crippen molar-refractivity contribution in [2.45, 2.75) is 124 Å². The fourth-order valence-corrected chi connectivity index (χ4v) is 5.27. The highest BCUT2D eigenvalue weighted by molar-refractivity contribution is 4.96. The van der Waals surface area contributed by atoms with Crippen molar-refractivity contribution < 1.29 is 89.3 Å². The quantitative estimate of drug-likeness (QED) is 0.116. The van der Waals surface area contributed by atoms with Gasteiger partial charge in [0.2, 0.25) is 0 Å². The van der Waals surface area contributed by atoms with E-state index in [-0.39, 0.29) is 6.42 Å². The minimum absolute atomic E-state index is 0.0705. The van der Waals surface area contributed by atoms with Crippen LogP contribution in [0.1, 0.15) is 13.3 Å². The largest absolute Gasteiger partial charge is 0.394 e. The molecule has 0 aromatic carbocycles. The van der Waals surface area contributed by atoms with Gasteiger partial charge < -0.3 is 89.3 Å². The van der Waals surface area contributed by atoms with Crippen molar-refractivity contribution in [3.05, 3.63) is 0 Å². The zero-order valence-corrected chi connectivity index (χ0v) is 22.0. The van der Waals surface area contributed by atoms with Crippen LogP contribution in [0, 0.1) is 0 Å². The summed E-state index contributed by atoms with van der Waals surface area (Å²) in [5.41, 5.74) is 0. The van der Waals surface area contributed by atoms with Crippen molar-refractivity contribution >= 4 is 0 Å². The van der Waals surface area contributed by atoms with Crippen molar-refractivity contribution in [1.29, 1.82) is 0 Å². The molecule has 0 bridgehead atoms. The molecule has 11 N–H and O–H groups in total. The molecule has 18 heteroatoms. The maximum absolute atomic E-state index is 11.3. The second-order valence-electron chi connectivity index (χ2n) is 10.5. The zero-order valence-electron chi connectivity index (χ0n) is 22.0. The Morgan fingerprint density at radius 2 is 1.10 bits per heavy atom. The van der Waals surface area contributed by atoms with E-state index in [1.165, 1.54) is 6.92 Å². The number of hydrogen-bond donors (Lipinski definition) is 11. The average molecular weight is 605 g/mol. The van der Waals surface area contributed by atoms with Crippen LogP contribution in [-0.4, -0.2) is 187 Å². The number of rotatable bonds is 9. The molecule has 0 aromatic heterocycles. The van der Waals surface area contributed by atoms with Crippen LogP contribution in [0.3, 0.4) is 0 Å². The first-order valence-electron chi connectivity index (χ1n) is 13.3. The van der Waals surface area contributed by atoms with Crippen LogP contribution in [0.5, 0.6) is 0 Å². The van der Waals surface area contributed by atoms with Gasteiger partial charge >= 0.3 is 0 Å². The molecule has 18 atom stereocenters. The molecule has 4 rings (SSSR count). The van der Waals surface area contributed by atoms with Crippen LogP contribution in [0.2, 0.25) is 0 Å². The van der Waals surface area contributed by atoms with Gasteiger partial charge in [0.1, 0.15) is 73.2 Å². The normalized spacial score (nSPS) is 53.0. The average Bonchev–Trinajstić information content (AvgIpc) is 3.31. The lowest BCUT2D eigenvalue weighted by Crippen LogP contribution is -2.66. The fourth-order valence-electron chi connectivity index (χ4n) is 5.27. The Morgan fingerprint density at radius 1 is 0.537 bits per heavy atom. The molecule has 0 aliphatic carbocycles. The summed E-state index contributed by atoms with van der Waals surface area (Å²) in [4.78, 5) is 0. The van der Waals surface area contributed by atoms with E-state index in [2.05, 4.69) is 0 Å². The molecule has 0 saturated carbocycles. The molecule has 18 nitrogen and oxygen atoms in total. The Morgan fingerprint density at radius 3 is 1.71 bits per heavy atom. The Hall–Kier alpha value is -0.720. The summed E-state index contributed by atoms with van der Waals surface area (Å²) < 4.78 is 39.0. The topological polar surface area (TPSA) is 287 Å². The Balaban J connectivity index is 1.55. The van der Waals surface area contributed by atoms with Gasteiger partial charge in [-0.1, -0.05) is 0 Å². The number of aliphatic hydroxyl groups is 11. The summed E-state index contributed by atoms with van der Waals surface area (Å²) in [5, 5.41) is 111. The Bertz CT molecular complexity index is 821. The van der Waals surface area contributed by atoms with Crippen molar-refractivity contribution in [1.82, 2.24) is 0 Å². The second-order valence-corrected chi connectivity index (χ2v) is 10.5. The first-order chi connectivity index (χ1) is 19.4. The van der Waals surface area contributed by atoms with Crippen LogP contribution in [-0.2, 0) is 33.2 Å². The highest BCUT2D eigenvalue weighted by Crippen LogP contribution is 2.35. The molecule has 4 heterocycles. The number of ether oxygens (including phenoxy) is 7. The zero-order chi connectivity index (χ0) is 30.2. The van der Waals surface area contributed by atoms with E-state index in [9.17, 15) is 56.2 Å². The molecule has 41 heavy (non-hydrogen) atoms. The summed E-state index contributed by atoms with van der Waals surface area (Å²) in [6, 6.07) is 0. The molecule has 0 radical (unpaired) electrons. The molecule has 4 saturated heterocycles. The van der Waals surface area contributed by atoms with E-state index in [1.54, 1.807) is 0 Å². The third-order valence-electron chi connectivity index (χ3n) is 7.70. The number of hydrogen-bond acceptors (Lipinski definition) is 18. The molecular formula is C23H40O18. The molecule has 240 valence electrons. The lowest BCUT2D eigenvalue weighted by atomic mass is 9.96. The highest BCUT2D eigenvalue weighted by atomic mass is 16.8. The third kappa shape index (κ3) is 6.85.